The Labute approximate surface area is 110 Å². The van der Waals surface area contributed by atoms with Crippen LogP contribution in [0.1, 0.15) is 10.4 Å². The molecule has 0 saturated carbocycles. The molecule has 0 aliphatic carbocycles. The number of nitrogens with zero attached hydrogens (tertiary/aromatic N) is 1. The number of carbonyl (C=O) groups is 2. The Morgan fingerprint density at radius 2 is 2.05 bits per heavy atom. The quantitative estimate of drug-likeness (QED) is 0.873. The van der Waals surface area contributed by atoms with Gasteiger partial charge in [-0.1, -0.05) is 12.1 Å². The Morgan fingerprint density at radius 1 is 1.32 bits per heavy atom. The molecule has 0 spiro atoms. The molecule has 0 bridgehead atoms. The molecule has 1 aromatic rings. The summed E-state index contributed by atoms with van der Waals surface area (Å²) in [5, 5.41) is 9.11. The van der Waals surface area contributed by atoms with E-state index in [1.165, 1.54) is 18.0 Å². The van der Waals surface area contributed by atoms with Gasteiger partial charge in [0.25, 0.3) is 5.91 Å². The third-order valence-electron chi connectivity index (χ3n) is 2.92. The third-order valence-corrected chi connectivity index (χ3v) is 2.92. The van der Waals surface area contributed by atoms with Crippen LogP contribution in [0, 0.1) is 0 Å². The highest BCUT2D eigenvalue weighted by Gasteiger charge is 2.28. The molecular formula is C13H15NO5. The fourth-order valence-corrected chi connectivity index (χ4v) is 1.91. The maximum Gasteiger partial charge on any atom is 0.337 e. The van der Waals surface area contributed by atoms with Crippen LogP contribution in [0.4, 0.5) is 5.69 Å². The summed E-state index contributed by atoms with van der Waals surface area (Å²) in [7, 11) is 1.53. The molecule has 1 aliphatic heterocycles. The molecule has 1 atom stereocenters. The Kier molecular flexibility index (Phi) is 4.13. The number of ether oxygens (including phenoxy) is 2. The van der Waals surface area contributed by atoms with Crippen molar-refractivity contribution in [1.82, 2.24) is 0 Å². The van der Waals surface area contributed by atoms with E-state index < -0.39 is 12.1 Å². The maximum absolute atomic E-state index is 12.2. The van der Waals surface area contributed by atoms with E-state index in [0.717, 1.165) is 0 Å². The van der Waals surface area contributed by atoms with Crippen LogP contribution in [0.3, 0.4) is 0 Å². The monoisotopic (exact) mass is 265 g/mol. The van der Waals surface area contributed by atoms with Crippen molar-refractivity contribution in [3.8, 4) is 0 Å². The number of hydrogen-bond donors (Lipinski definition) is 1. The van der Waals surface area contributed by atoms with E-state index in [1.807, 2.05) is 0 Å². The minimum atomic E-state index is -1.07. The molecule has 1 fully saturated rings. The first kappa shape index (κ1) is 13.5. The first-order chi connectivity index (χ1) is 9.11. The van der Waals surface area contributed by atoms with E-state index in [9.17, 15) is 9.59 Å². The second-order valence-corrected chi connectivity index (χ2v) is 4.15. The van der Waals surface area contributed by atoms with Gasteiger partial charge in [-0.2, -0.15) is 0 Å². The minimum Gasteiger partial charge on any atom is -0.478 e. The van der Waals surface area contributed by atoms with Crippen molar-refractivity contribution in [1.29, 1.82) is 0 Å². The van der Waals surface area contributed by atoms with Crippen LogP contribution >= 0.6 is 0 Å². The SMILES string of the molecule is CN(C(=O)C1COCCO1)c1ccccc1C(=O)O. The smallest absolute Gasteiger partial charge is 0.337 e. The van der Waals surface area contributed by atoms with Crippen LogP contribution in [0.15, 0.2) is 24.3 Å². The first-order valence-corrected chi connectivity index (χ1v) is 5.90. The number of hydrogen-bond acceptors (Lipinski definition) is 4. The highest BCUT2D eigenvalue weighted by molar-refractivity contribution is 6.03. The Balaban J connectivity index is 2.21. The molecule has 1 aliphatic rings. The topological polar surface area (TPSA) is 76.1 Å². The van der Waals surface area contributed by atoms with Gasteiger partial charge >= 0.3 is 5.97 Å². The lowest BCUT2D eigenvalue weighted by Gasteiger charge is -2.27. The van der Waals surface area contributed by atoms with Gasteiger partial charge in [-0.15, -0.1) is 0 Å². The fourth-order valence-electron chi connectivity index (χ4n) is 1.91. The van der Waals surface area contributed by atoms with Crippen molar-refractivity contribution < 1.29 is 24.2 Å². The minimum absolute atomic E-state index is 0.0788. The van der Waals surface area contributed by atoms with Crippen LogP contribution < -0.4 is 4.90 Å². The fraction of sp³-hybridized carbons (Fsp3) is 0.385. The van der Waals surface area contributed by atoms with Crippen molar-refractivity contribution >= 4 is 17.6 Å². The molecule has 1 heterocycles. The van der Waals surface area contributed by atoms with Gasteiger partial charge in [-0.05, 0) is 12.1 Å². The average molecular weight is 265 g/mol. The molecule has 1 amide bonds. The lowest BCUT2D eigenvalue weighted by molar-refractivity contribution is -0.144. The molecule has 102 valence electrons. The van der Waals surface area contributed by atoms with Gasteiger partial charge in [0.15, 0.2) is 6.10 Å². The summed E-state index contributed by atoms with van der Waals surface area (Å²) in [5.74, 6) is -1.38. The highest BCUT2D eigenvalue weighted by Crippen LogP contribution is 2.20. The number of amides is 1. The van der Waals surface area contributed by atoms with E-state index in [4.69, 9.17) is 14.6 Å². The molecule has 1 aromatic carbocycles. The summed E-state index contributed by atoms with van der Waals surface area (Å²) >= 11 is 0. The Morgan fingerprint density at radius 3 is 2.68 bits per heavy atom. The zero-order valence-electron chi connectivity index (χ0n) is 10.5. The van der Waals surface area contributed by atoms with Crippen LogP contribution in [0.2, 0.25) is 0 Å². The van der Waals surface area contributed by atoms with Gasteiger partial charge in [0, 0.05) is 7.05 Å². The molecule has 19 heavy (non-hydrogen) atoms. The number of rotatable bonds is 3. The maximum atomic E-state index is 12.2. The van der Waals surface area contributed by atoms with Gasteiger partial charge in [0.2, 0.25) is 0 Å². The molecule has 0 radical (unpaired) electrons. The van der Waals surface area contributed by atoms with Crippen LogP contribution in [0.25, 0.3) is 0 Å². The summed E-state index contributed by atoms with van der Waals surface area (Å²) in [4.78, 5) is 24.6. The van der Waals surface area contributed by atoms with Gasteiger partial charge in [-0.25, -0.2) is 4.79 Å². The molecule has 0 aromatic heterocycles. The second kappa shape index (κ2) is 5.81. The molecule has 1 saturated heterocycles. The standard InChI is InChI=1S/C13H15NO5/c1-14(12(15)11-8-18-6-7-19-11)10-5-3-2-4-9(10)13(16)17/h2-5,11H,6-8H2,1H3,(H,16,17). The third kappa shape index (κ3) is 2.91. The van der Waals surface area contributed by atoms with Gasteiger partial charge in [0.1, 0.15) is 0 Å². The van der Waals surface area contributed by atoms with E-state index in [-0.39, 0.29) is 18.1 Å². The largest absolute Gasteiger partial charge is 0.478 e. The van der Waals surface area contributed by atoms with Gasteiger partial charge in [-0.3, -0.25) is 4.79 Å². The zero-order valence-corrected chi connectivity index (χ0v) is 10.5. The van der Waals surface area contributed by atoms with Crippen molar-refractivity contribution in [3.05, 3.63) is 29.8 Å². The van der Waals surface area contributed by atoms with Crippen molar-refractivity contribution in [2.24, 2.45) is 0 Å². The predicted molar refractivity (Wildman–Crippen MR) is 67.4 cm³/mol. The van der Waals surface area contributed by atoms with Crippen molar-refractivity contribution in [2.45, 2.75) is 6.10 Å². The number of carboxylic acids is 1. The molecule has 6 heteroatoms. The predicted octanol–water partition coefficient (Wildman–Crippen LogP) is 0.763. The molecule has 1 N–H and O–H groups in total. The summed E-state index contributed by atoms with van der Waals surface area (Å²) in [6, 6.07) is 6.35. The summed E-state index contributed by atoms with van der Waals surface area (Å²) in [5.41, 5.74) is 0.421. The van der Waals surface area contributed by atoms with Crippen molar-refractivity contribution in [2.75, 3.05) is 31.8 Å². The lowest BCUT2D eigenvalue weighted by Crippen LogP contribution is -2.44. The van der Waals surface area contributed by atoms with Crippen LogP contribution in [0.5, 0.6) is 0 Å². The summed E-state index contributed by atoms with van der Waals surface area (Å²) in [6.07, 6.45) is -0.680. The number of benzene rings is 1. The number of anilines is 1. The molecule has 6 nitrogen and oxygen atoms in total. The Bertz CT molecular complexity index is 482. The van der Waals surface area contributed by atoms with E-state index in [1.54, 1.807) is 18.2 Å². The second-order valence-electron chi connectivity index (χ2n) is 4.15. The van der Waals surface area contributed by atoms with Crippen LogP contribution in [-0.4, -0.2) is 50.0 Å². The van der Waals surface area contributed by atoms with Gasteiger partial charge < -0.3 is 19.5 Å². The number of aromatic carboxylic acids is 1. The summed E-state index contributed by atoms with van der Waals surface area (Å²) < 4.78 is 10.5. The number of para-hydroxylation sites is 1. The molecular weight excluding hydrogens is 250 g/mol. The molecule has 1 unspecified atom stereocenters. The van der Waals surface area contributed by atoms with E-state index in [2.05, 4.69) is 0 Å². The number of carbonyl (C=O) groups excluding carboxylic acids is 1. The summed E-state index contributed by atoms with van der Waals surface area (Å²) in [6.45, 7) is 1.03. The van der Waals surface area contributed by atoms with Gasteiger partial charge in [0.05, 0.1) is 31.1 Å². The normalized spacial score (nSPS) is 18.9. The molecule has 2 rings (SSSR count). The number of carboxylic acid groups (broad SMARTS) is 1. The first-order valence-electron chi connectivity index (χ1n) is 5.90. The zero-order chi connectivity index (χ0) is 13.8. The highest BCUT2D eigenvalue weighted by atomic mass is 16.6. The average Bonchev–Trinajstić information content (AvgIpc) is 2.46. The van der Waals surface area contributed by atoms with Crippen molar-refractivity contribution in [3.63, 3.8) is 0 Å². The number of likely N-dealkylation sites (N-methyl/N-ethyl adjacent to an activating group) is 1. The lowest BCUT2D eigenvalue weighted by atomic mass is 10.1. The van der Waals surface area contributed by atoms with Crippen LogP contribution in [-0.2, 0) is 14.3 Å². The Hall–Kier alpha value is -1.92. The van der Waals surface area contributed by atoms with E-state index >= 15 is 0 Å². The van der Waals surface area contributed by atoms with E-state index in [0.29, 0.717) is 18.9 Å².